The van der Waals surface area contributed by atoms with E-state index in [0.29, 0.717) is 5.92 Å². The Balaban J connectivity index is 2.19. The van der Waals surface area contributed by atoms with Crippen LogP contribution in [-0.2, 0) is 6.54 Å². The van der Waals surface area contributed by atoms with Crippen molar-refractivity contribution in [1.29, 1.82) is 0 Å². The van der Waals surface area contributed by atoms with Crippen LogP contribution in [0.15, 0.2) is 12.3 Å². The fraction of sp³-hybridized carbons (Fsp3) is 0.667. The van der Waals surface area contributed by atoms with Crippen LogP contribution in [0.1, 0.15) is 31.5 Å². The van der Waals surface area contributed by atoms with E-state index in [9.17, 15) is 0 Å². The van der Waals surface area contributed by atoms with Gasteiger partial charge in [-0.05, 0) is 31.7 Å². The van der Waals surface area contributed by atoms with Crippen LogP contribution in [0.25, 0.3) is 0 Å². The molecule has 66 valence electrons. The lowest BCUT2D eigenvalue weighted by Gasteiger charge is -2.11. The highest BCUT2D eigenvalue weighted by molar-refractivity contribution is 5.10. The van der Waals surface area contributed by atoms with Gasteiger partial charge in [0.1, 0.15) is 0 Å². The molecule has 1 heterocycles. The maximum Gasteiger partial charge on any atom is 0.0554 e. The van der Waals surface area contributed by atoms with E-state index in [4.69, 9.17) is 5.73 Å². The summed E-state index contributed by atoms with van der Waals surface area (Å²) in [5, 5.41) is 4.20. The second-order valence-corrected chi connectivity index (χ2v) is 3.44. The van der Waals surface area contributed by atoms with Gasteiger partial charge in [0.05, 0.1) is 5.69 Å². The number of nitrogens with two attached hydrogens (primary N) is 1. The molecule has 1 saturated carbocycles. The van der Waals surface area contributed by atoms with Gasteiger partial charge >= 0.3 is 0 Å². The van der Waals surface area contributed by atoms with Crippen LogP contribution < -0.4 is 5.73 Å². The SMILES string of the molecule is CCn1nccc1C(N)C1CC1. The van der Waals surface area contributed by atoms with Crippen LogP contribution in [0.3, 0.4) is 0 Å². The highest BCUT2D eigenvalue weighted by Gasteiger charge is 2.31. The Morgan fingerprint density at radius 3 is 3.08 bits per heavy atom. The number of nitrogens with zero attached hydrogens (tertiary/aromatic N) is 2. The zero-order chi connectivity index (χ0) is 8.55. The van der Waals surface area contributed by atoms with Gasteiger partial charge in [-0.2, -0.15) is 5.10 Å². The normalized spacial score (nSPS) is 19.5. The van der Waals surface area contributed by atoms with Gasteiger partial charge in [0, 0.05) is 18.8 Å². The van der Waals surface area contributed by atoms with Crippen LogP contribution in [0.4, 0.5) is 0 Å². The Morgan fingerprint density at radius 1 is 1.75 bits per heavy atom. The van der Waals surface area contributed by atoms with Crippen molar-refractivity contribution in [1.82, 2.24) is 9.78 Å². The average molecular weight is 165 g/mol. The molecule has 12 heavy (non-hydrogen) atoms. The van der Waals surface area contributed by atoms with Crippen LogP contribution in [0.5, 0.6) is 0 Å². The molecule has 3 nitrogen and oxygen atoms in total. The standard InChI is InChI=1S/C9H15N3/c1-2-12-8(5-6-11-12)9(10)7-3-4-7/h5-7,9H,2-4,10H2,1H3. The number of hydrogen-bond acceptors (Lipinski definition) is 2. The fourth-order valence-corrected chi connectivity index (χ4v) is 1.59. The minimum absolute atomic E-state index is 0.215. The van der Waals surface area contributed by atoms with E-state index in [2.05, 4.69) is 12.0 Å². The third-order valence-corrected chi connectivity index (χ3v) is 2.52. The Morgan fingerprint density at radius 2 is 2.50 bits per heavy atom. The van der Waals surface area contributed by atoms with Gasteiger partial charge in [0.25, 0.3) is 0 Å². The minimum atomic E-state index is 0.215. The molecule has 0 radical (unpaired) electrons. The molecule has 2 N–H and O–H groups in total. The molecule has 0 amide bonds. The molecular formula is C9H15N3. The average Bonchev–Trinajstić information content (AvgIpc) is 2.82. The molecule has 3 heteroatoms. The van der Waals surface area contributed by atoms with Crippen molar-refractivity contribution >= 4 is 0 Å². The molecule has 1 aliphatic rings. The summed E-state index contributed by atoms with van der Waals surface area (Å²) in [7, 11) is 0. The van der Waals surface area contributed by atoms with Crippen molar-refractivity contribution in [3.05, 3.63) is 18.0 Å². The molecule has 1 fully saturated rings. The summed E-state index contributed by atoms with van der Waals surface area (Å²) < 4.78 is 1.99. The van der Waals surface area contributed by atoms with E-state index >= 15 is 0 Å². The Kier molecular flexibility index (Phi) is 1.89. The monoisotopic (exact) mass is 165 g/mol. The molecule has 2 rings (SSSR count). The molecule has 0 spiro atoms. The summed E-state index contributed by atoms with van der Waals surface area (Å²) in [5.41, 5.74) is 7.25. The van der Waals surface area contributed by atoms with E-state index < -0.39 is 0 Å². The van der Waals surface area contributed by atoms with Crippen molar-refractivity contribution in [2.24, 2.45) is 11.7 Å². The molecule has 1 aromatic rings. The Labute approximate surface area is 72.6 Å². The van der Waals surface area contributed by atoms with E-state index in [-0.39, 0.29) is 6.04 Å². The maximum atomic E-state index is 6.06. The Hall–Kier alpha value is -0.830. The second-order valence-electron chi connectivity index (χ2n) is 3.44. The van der Waals surface area contributed by atoms with Crippen molar-refractivity contribution < 1.29 is 0 Å². The van der Waals surface area contributed by atoms with Crippen LogP contribution in [0, 0.1) is 5.92 Å². The molecule has 1 aromatic heterocycles. The van der Waals surface area contributed by atoms with Crippen molar-refractivity contribution in [2.45, 2.75) is 32.4 Å². The van der Waals surface area contributed by atoms with Crippen molar-refractivity contribution in [2.75, 3.05) is 0 Å². The molecular weight excluding hydrogens is 150 g/mol. The zero-order valence-electron chi connectivity index (χ0n) is 7.40. The number of rotatable bonds is 3. The minimum Gasteiger partial charge on any atom is -0.322 e. The first-order valence-electron chi connectivity index (χ1n) is 4.60. The summed E-state index contributed by atoms with van der Waals surface area (Å²) in [5.74, 6) is 0.715. The third-order valence-electron chi connectivity index (χ3n) is 2.52. The summed E-state index contributed by atoms with van der Waals surface area (Å²) in [6.07, 6.45) is 4.41. The first kappa shape index (κ1) is 7.80. The van der Waals surface area contributed by atoms with Gasteiger partial charge in [-0.3, -0.25) is 4.68 Å². The number of aryl methyl sites for hydroxylation is 1. The highest BCUT2D eigenvalue weighted by atomic mass is 15.3. The van der Waals surface area contributed by atoms with Gasteiger partial charge in [-0.1, -0.05) is 0 Å². The quantitative estimate of drug-likeness (QED) is 0.734. The summed E-state index contributed by atoms with van der Waals surface area (Å²) in [6.45, 7) is 3.01. The van der Waals surface area contributed by atoms with Crippen LogP contribution >= 0.6 is 0 Å². The predicted octanol–water partition coefficient (Wildman–Crippen LogP) is 1.31. The number of hydrogen-bond donors (Lipinski definition) is 1. The molecule has 1 atom stereocenters. The molecule has 0 bridgehead atoms. The lowest BCUT2D eigenvalue weighted by atomic mass is 10.1. The zero-order valence-corrected chi connectivity index (χ0v) is 7.40. The van der Waals surface area contributed by atoms with Crippen molar-refractivity contribution in [3.63, 3.8) is 0 Å². The topological polar surface area (TPSA) is 43.8 Å². The van der Waals surface area contributed by atoms with E-state index in [1.54, 1.807) is 0 Å². The summed E-state index contributed by atoms with van der Waals surface area (Å²) >= 11 is 0. The van der Waals surface area contributed by atoms with Crippen LogP contribution in [0.2, 0.25) is 0 Å². The molecule has 0 aromatic carbocycles. The maximum absolute atomic E-state index is 6.06. The molecule has 0 saturated heterocycles. The largest absolute Gasteiger partial charge is 0.322 e. The smallest absolute Gasteiger partial charge is 0.0554 e. The molecule has 0 aliphatic heterocycles. The predicted molar refractivity (Wildman–Crippen MR) is 47.6 cm³/mol. The van der Waals surface area contributed by atoms with E-state index in [1.165, 1.54) is 18.5 Å². The first-order valence-corrected chi connectivity index (χ1v) is 4.60. The van der Waals surface area contributed by atoms with Gasteiger partial charge in [0.15, 0.2) is 0 Å². The van der Waals surface area contributed by atoms with E-state index in [1.807, 2.05) is 16.9 Å². The summed E-state index contributed by atoms with van der Waals surface area (Å²) in [6, 6.07) is 2.25. The first-order chi connectivity index (χ1) is 5.83. The second kappa shape index (κ2) is 2.90. The lowest BCUT2D eigenvalue weighted by Crippen LogP contribution is -2.17. The molecule has 1 aliphatic carbocycles. The Bertz CT molecular complexity index is 262. The van der Waals surface area contributed by atoms with Gasteiger partial charge in [0.2, 0.25) is 0 Å². The van der Waals surface area contributed by atoms with Gasteiger partial charge < -0.3 is 5.73 Å². The summed E-state index contributed by atoms with van der Waals surface area (Å²) in [4.78, 5) is 0. The number of aromatic nitrogens is 2. The van der Waals surface area contributed by atoms with Crippen LogP contribution in [-0.4, -0.2) is 9.78 Å². The fourth-order valence-electron chi connectivity index (χ4n) is 1.59. The molecule has 1 unspecified atom stereocenters. The van der Waals surface area contributed by atoms with E-state index in [0.717, 1.165) is 6.54 Å². The highest BCUT2D eigenvalue weighted by Crippen LogP contribution is 2.39. The van der Waals surface area contributed by atoms with Gasteiger partial charge in [-0.15, -0.1) is 0 Å². The van der Waals surface area contributed by atoms with Crippen molar-refractivity contribution in [3.8, 4) is 0 Å². The third kappa shape index (κ3) is 1.25. The van der Waals surface area contributed by atoms with Gasteiger partial charge in [-0.25, -0.2) is 0 Å². The lowest BCUT2D eigenvalue weighted by molar-refractivity contribution is 0.535.